The van der Waals surface area contributed by atoms with Crippen LogP contribution in [0.1, 0.15) is 111 Å². The highest BCUT2D eigenvalue weighted by molar-refractivity contribution is 6.24. The van der Waals surface area contributed by atoms with Gasteiger partial charge in [-0.1, -0.05) is 76.7 Å². The number of amides is 4. The van der Waals surface area contributed by atoms with Gasteiger partial charge < -0.3 is 4.74 Å². The van der Waals surface area contributed by atoms with Crippen molar-refractivity contribution in [3.05, 3.63) is 29.3 Å². The molecule has 1 saturated carbocycles. The molecule has 2 fully saturated rings. The molecule has 1 saturated heterocycles. The number of hydrogen-bond donors (Lipinski definition) is 1. The normalized spacial score (nSPS) is 21.1. The molecule has 184 valence electrons. The van der Waals surface area contributed by atoms with Gasteiger partial charge in [0.25, 0.3) is 11.8 Å². The van der Waals surface area contributed by atoms with Crippen molar-refractivity contribution in [1.82, 2.24) is 10.2 Å². The van der Waals surface area contributed by atoms with Crippen LogP contribution in [0.4, 0.5) is 0 Å². The summed E-state index contributed by atoms with van der Waals surface area (Å²) in [6, 6.07) is 4.01. The Labute approximate surface area is 201 Å². The number of benzene rings is 1. The molecule has 3 aliphatic rings. The van der Waals surface area contributed by atoms with Crippen molar-refractivity contribution >= 4 is 23.6 Å². The Morgan fingerprint density at radius 3 is 2.35 bits per heavy atom. The molecule has 1 aliphatic carbocycles. The average Bonchev–Trinajstić information content (AvgIpc) is 3.09. The summed E-state index contributed by atoms with van der Waals surface area (Å²) in [4.78, 5) is 50.6. The number of imide groups is 2. The zero-order chi connectivity index (χ0) is 23.9. The maximum absolute atomic E-state index is 13.1. The minimum atomic E-state index is -0.962. The van der Waals surface area contributed by atoms with E-state index < -0.39 is 23.8 Å². The van der Waals surface area contributed by atoms with Gasteiger partial charge in [-0.2, -0.15) is 0 Å². The van der Waals surface area contributed by atoms with Crippen molar-refractivity contribution in [1.29, 1.82) is 0 Å². The molecule has 7 heteroatoms. The molecule has 0 bridgehead atoms. The van der Waals surface area contributed by atoms with E-state index in [0.717, 1.165) is 23.7 Å². The van der Waals surface area contributed by atoms with Gasteiger partial charge in [0.15, 0.2) is 0 Å². The van der Waals surface area contributed by atoms with Gasteiger partial charge in [0.1, 0.15) is 11.8 Å². The third kappa shape index (κ3) is 5.68. The van der Waals surface area contributed by atoms with Crippen LogP contribution >= 0.6 is 0 Å². The van der Waals surface area contributed by atoms with Crippen molar-refractivity contribution in [2.45, 2.75) is 95.9 Å². The lowest BCUT2D eigenvalue weighted by atomic mass is 9.85. The molecular formula is C27H36N2O5. The summed E-state index contributed by atoms with van der Waals surface area (Å²) in [5, 5.41) is 2.22. The van der Waals surface area contributed by atoms with Gasteiger partial charge in [0, 0.05) is 6.42 Å². The van der Waals surface area contributed by atoms with Crippen LogP contribution in [0.2, 0.25) is 0 Å². The van der Waals surface area contributed by atoms with Crippen LogP contribution in [0, 0.1) is 5.92 Å². The van der Waals surface area contributed by atoms with Crippen LogP contribution in [0.25, 0.3) is 0 Å². The van der Waals surface area contributed by atoms with E-state index in [2.05, 4.69) is 5.32 Å². The summed E-state index contributed by atoms with van der Waals surface area (Å²) in [5.41, 5.74) is 0.477. The summed E-state index contributed by atoms with van der Waals surface area (Å²) in [6.45, 7) is 0.485. The summed E-state index contributed by atoms with van der Waals surface area (Å²) in [5.74, 6) is -0.664. The molecular weight excluding hydrogens is 432 g/mol. The zero-order valence-corrected chi connectivity index (χ0v) is 20.0. The zero-order valence-electron chi connectivity index (χ0n) is 20.0. The van der Waals surface area contributed by atoms with E-state index in [-0.39, 0.29) is 29.9 Å². The molecule has 1 aromatic carbocycles. The van der Waals surface area contributed by atoms with Gasteiger partial charge >= 0.3 is 0 Å². The second-order valence-corrected chi connectivity index (χ2v) is 9.89. The maximum atomic E-state index is 13.1. The Hall–Kier alpha value is -2.70. The maximum Gasteiger partial charge on any atom is 0.266 e. The van der Waals surface area contributed by atoms with Gasteiger partial charge in [-0.3, -0.25) is 29.4 Å². The van der Waals surface area contributed by atoms with Gasteiger partial charge in [-0.15, -0.1) is 0 Å². The summed E-state index contributed by atoms with van der Waals surface area (Å²) >= 11 is 0. The molecule has 0 radical (unpaired) electrons. The predicted molar refractivity (Wildman–Crippen MR) is 128 cm³/mol. The average molecular weight is 469 g/mol. The van der Waals surface area contributed by atoms with Crippen molar-refractivity contribution in [3.63, 3.8) is 0 Å². The topological polar surface area (TPSA) is 92.8 Å². The third-order valence-electron chi connectivity index (χ3n) is 7.42. The van der Waals surface area contributed by atoms with Crippen LogP contribution < -0.4 is 10.1 Å². The van der Waals surface area contributed by atoms with Gasteiger partial charge in [0.2, 0.25) is 11.8 Å². The van der Waals surface area contributed by atoms with Crippen molar-refractivity contribution < 1.29 is 23.9 Å². The van der Waals surface area contributed by atoms with Crippen LogP contribution in [0.3, 0.4) is 0 Å². The first-order valence-corrected chi connectivity index (χ1v) is 13.0. The Bertz CT molecular complexity index is 922. The highest BCUT2D eigenvalue weighted by atomic mass is 16.5. The number of carbonyl (C=O) groups is 4. The second kappa shape index (κ2) is 11.6. The Morgan fingerprint density at radius 1 is 0.853 bits per heavy atom. The summed E-state index contributed by atoms with van der Waals surface area (Å²) in [7, 11) is 0. The molecule has 7 nitrogen and oxygen atoms in total. The first kappa shape index (κ1) is 24.4. The van der Waals surface area contributed by atoms with E-state index in [0.29, 0.717) is 12.4 Å². The number of ether oxygens (including phenoxy) is 1. The molecule has 1 N–H and O–H groups in total. The molecule has 4 rings (SSSR count). The minimum absolute atomic E-state index is 0.105. The van der Waals surface area contributed by atoms with Crippen LogP contribution in [-0.2, 0) is 9.59 Å². The number of nitrogens with one attached hydrogen (secondary N) is 1. The first-order valence-electron chi connectivity index (χ1n) is 13.0. The van der Waals surface area contributed by atoms with Crippen molar-refractivity contribution in [3.8, 4) is 5.75 Å². The molecule has 2 heterocycles. The van der Waals surface area contributed by atoms with Gasteiger partial charge in [0.05, 0.1) is 17.7 Å². The Morgan fingerprint density at radius 2 is 1.59 bits per heavy atom. The SMILES string of the molecule is O=C1CCC(N2C(=O)c3cccc(OCCCCCCCCC4CCCCC4)c3C2=O)C(=O)N1. The highest BCUT2D eigenvalue weighted by Crippen LogP contribution is 2.34. The fourth-order valence-electron chi connectivity index (χ4n) is 5.50. The summed E-state index contributed by atoms with van der Waals surface area (Å²) < 4.78 is 5.90. The number of hydrogen-bond acceptors (Lipinski definition) is 5. The lowest BCUT2D eigenvalue weighted by molar-refractivity contribution is -0.136. The molecule has 4 amide bonds. The lowest BCUT2D eigenvalue weighted by Crippen LogP contribution is -2.54. The standard InChI is InChI=1S/C27H36N2O5/c30-23-17-16-21(25(31)28-23)29-26(32)20-14-10-15-22(24(20)27(29)33)34-18-9-4-2-1-3-6-11-19-12-7-5-8-13-19/h10,14-15,19,21H,1-9,11-13,16-18H2,(H,28,30,31). The number of carbonyl (C=O) groups excluding carboxylic acids is 4. The van der Waals surface area contributed by atoms with Crippen LogP contribution in [0.5, 0.6) is 5.75 Å². The second-order valence-electron chi connectivity index (χ2n) is 9.89. The van der Waals surface area contributed by atoms with Crippen LogP contribution in [0.15, 0.2) is 18.2 Å². The molecule has 0 spiro atoms. The number of rotatable bonds is 11. The van der Waals surface area contributed by atoms with Gasteiger partial charge in [-0.05, 0) is 30.9 Å². The predicted octanol–water partition coefficient (Wildman–Crippen LogP) is 4.78. The first-order chi connectivity index (χ1) is 16.6. The molecule has 2 aliphatic heterocycles. The fourth-order valence-corrected chi connectivity index (χ4v) is 5.50. The van der Waals surface area contributed by atoms with E-state index in [9.17, 15) is 19.2 Å². The number of nitrogens with zero attached hydrogens (tertiary/aromatic N) is 1. The monoisotopic (exact) mass is 468 g/mol. The molecule has 0 aromatic heterocycles. The quantitative estimate of drug-likeness (QED) is 0.373. The molecule has 34 heavy (non-hydrogen) atoms. The largest absolute Gasteiger partial charge is 0.493 e. The van der Waals surface area contributed by atoms with E-state index in [4.69, 9.17) is 4.74 Å². The number of piperidine rings is 1. The number of fused-ring (bicyclic) bond motifs is 1. The minimum Gasteiger partial charge on any atom is -0.493 e. The Kier molecular flexibility index (Phi) is 8.35. The lowest BCUT2D eigenvalue weighted by Gasteiger charge is -2.27. The van der Waals surface area contributed by atoms with E-state index in [1.165, 1.54) is 64.2 Å². The van der Waals surface area contributed by atoms with Crippen molar-refractivity contribution in [2.24, 2.45) is 5.92 Å². The van der Waals surface area contributed by atoms with E-state index >= 15 is 0 Å². The number of unbranched alkanes of at least 4 members (excludes halogenated alkanes) is 5. The smallest absolute Gasteiger partial charge is 0.266 e. The van der Waals surface area contributed by atoms with Gasteiger partial charge in [-0.25, -0.2) is 0 Å². The highest BCUT2D eigenvalue weighted by Gasteiger charge is 2.45. The fraction of sp³-hybridized carbons (Fsp3) is 0.630. The molecule has 1 atom stereocenters. The Balaban J connectivity index is 1.20. The van der Waals surface area contributed by atoms with E-state index in [1.807, 2.05) is 0 Å². The molecule has 1 aromatic rings. The molecule has 1 unspecified atom stereocenters. The van der Waals surface area contributed by atoms with E-state index in [1.54, 1.807) is 18.2 Å². The van der Waals surface area contributed by atoms with Crippen molar-refractivity contribution in [2.75, 3.05) is 6.61 Å². The summed E-state index contributed by atoms with van der Waals surface area (Å²) in [6.07, 6.45) is 15.8. The van der Waals surface area contributed by atoms with Crippen LogP contribution in [-0.4, -0.2) is 41.2 Å². The third-order valence-corrected chi connectivity index (χ3v) is 7.42.